The maximum atomic E-state index is 11.9. The number of unbranched alkanes of at least 4 members (excludes halogenated alkanes) is 2. The van der Waals surface area contributed by atoms with Crippen LogP contribution in [0.4, 0.5) is 5.69 Å². The summed E-state index contributed by atoms with van der Waals surface area (Å²) in [7, 11) is 0. The molecule has 0 saturated carbocycles. The van der Waals surface area contributed by atoms with Crippen molar-refractivity contribution in [2.45, 2.75) is 33.1 Å². The van der Waals surface area contributed by atoms with Crippen LogP contribution in [0.1, 0.15) is 31.7 Å². The van der Waals surface area contributed by atoms with Crippen molar-refractivity contribution in [3.63, 3.8) is 0 Å². The minimum Gasteiger partial charge on any atom is -0.494 e. The zero-order valence-electron chi connectivity index (χ0n) is 14.4. The Labute approximate surface area is 143 Å². The third-order valence-electron chi connectivity index (χ3n) is 3.55. The molecule has 0 saturated heterocycles. The first-order chi connectivity index (χ1) is 11.7. The van der Waals surface area contributed by atoms with Crippen molar-refractivity contribution in [3.8, 4) is 11.5 Å². The molecule has 2 aromatic rings. The van der Waals surface area contributed by atoms with Crippen LogP contribution in [-0.4, -0.2) is 19.1 Å². The molecule has 0 fully saturated rings. The highest BCUT2D eigenvalue weighted by atomic mass is 16.5. The van der Waals surface area contributed by atoms with Crippen molar-refractivity contribution in [1.82, 2.24) is 0 Å². The fraction of sp³-hybridized carbons (Fsp3) is 0.350. The molecular formula is C20H25NO3. The summed E-state index contributed by atoms with van der Waals surface area (Å²) < 4.78 is 11.1. The number of hydrogen-bond donors (Lipinski definition) is 1. The predicted octanol–water partition coefficient (Wildman–Crippen LogP) is 4.58. The van der Waals surface area contributed by atoms with E-state index in [4.69, 9.17) is 9.47 Å². The Bertz CT molecular complexity index is 620. The molecule has 0 atom stereocenters. The smallest absolute Gasteiger partial charge is 0.262 e. The second-order valence-corrected chi connectivity index (χ2v) is 5.73. The summed E-state index contributed by atoms with van der Waals surface area (Å²) in [6.07, 6.45) is 3.42. The molecule has 128 valence electrons. The van der Waals surface area contributed by atoms with Gasteiger partial charge in [0.1, 0.15) is 11.5 Å². The number of amides is 1. The molecule has 24 heavy (non-hydrogen) atoms. The fourth-order valence-corrected chi connectivity index (χ4v) is 2.16. The van der Waals surface area contributed by atoms with Crippen molar-refractivity contribution < 1.29 is 14.3 Å². The number of carbonyl (C=O) groups excluding carboxylic acids is 1. The molecule has 4 heteroatoms. The summed E-state index contributed by atoms with van der Waals surface area (Å²) in [6, 6.07) is 15.0. The van der Waals surface area contributed by atoms with Gasteiger partial charge in [-0.25, -0.2) is 0 Å². The van der Waals surface area contributed by atoms with Gasteiger partial charge >= 0.3 is 0 Å². The number of rotatable bonds is 9. The van der Waals surface area contributed by atoms with Crippen molar-refractivity contribution in [2.75, 3.05) is 18.5 Å². The molecule has 0 aromatic heterocycles. The van der Waals surface area contributed by atoms with E-state index in [1.807, 2.05) is 55.5 Å². The first-order valence-corrected chi connectivity index (χ1v) is 8.39. The summed E-state index contributed by atoms with van der Waals surface area (Å²) in [4.78, 5) is 11.9. The lowest BCUT2D eigenvalue weighted by Gasteiger charge is -2.09. The zero-order valence-corrected chi connectivity index (χ0v) is 14.4. The minimum atomic E-state index is -0.182. The first-order valence-electron chi connectivity index (χ1n) is 8.39. The van der Waals surface area contributed by atoms with E-state index < -0.39 is 0 Å². The molecule has 0 aliphatic heterocycles. The van der Waals surface area contributed by atoms with Crippen molar-refractivity contribution in [3.05, 3.63) is 54.1 Å². The highest BCUT2D eigenvalue weighted by Gasteiger charge is 2.04. The lowest BCUT2D eigenvalue weighted by Crippen LogP contribution is -2.20. The van der Waals surface area contributed by atoms with Crippen LogP contribution < -0.4 is 14.8 Å². The Kier molecular flexibility index (Phi) is 7.15. The average Bonchev–Trinajstić information content (AvgIpc) is 2.60. The van der Waals surface area contributed by atoms with Crippen LogP contribution in [0, 0.1) is 6.92 Å². The summed E-state index contributed by atoms with van der Waals surface area (Å²) in [5.74, 6) is 1.29. The van der Waals surface area contributed by atoms with Gasteiger partial charge in [-0.1, -0.05) is 37.5 Å². The molecule has 1 amide bonds. The van der Waals surface area contributed by atoms with E-state index in [-0.39, 0.29) is 12.5 Å². The minimum absolute atomic E-state index is 0.0232. The zero-order chi connectivity index (χ0) is 17.2. The van der Waals surface area contributed by atoms with Gasteiger partial charge in [-0.15, -0.1) is 0 Å². The van der Waals surface area contributed by atoms with Gasteiger partial charge in [-0.3, -0.25) is 4.79 Å². The lowest BCUT2D eigenvalue weighted by molar-refractivity contribution is -0.118. The normalized spacial score (nSPS) is 10.2. The molecule has 0 bridgehead atoms. The Morgan fingerprint density at radius 2 is 1.54 bits per heavy atom. The number of ether oxygens (including phenoxy) is 2. The third kappa shape index (κ3) is 6.32. The monoisotopic (exact) mass is 327 g/mol. The summed E-state index contributed by atoms with van der Waals surface area (Å²) >= 11 is 0. The molecule has 0 radical (unpaired) electrons. The molecule has 2 rings (SSSR count). The topological polar surface area (TPSA) is 47.6 Å². The number of aryl methyl sites for hydroxylation is 1. The van der Waals surface area contributed by atoms with Gasteiger partial charge in [0.25, 0.3) is 5.91 Å². The van der Waals surface area contributed by atoms with E-state index in [1.165, 1.54) is 12.8 Å². The van der Waals surface area contributed by atoms with E-state index >= 15 is 0 Å². The maximum Gasteiger partial charge on any atom is 0.262 e. The van der Waals surface area contributed by atoms with E-state index in [2.05, 4.69) is 12.2 Å². The van der Waals surface area contributed by atoms with Crippen LogP contribution >= 0.6 is 0 Å². The number of benzene rings is 2. The van der Waals surface area contributed by atoms with E-state index in [0.717, 1.165) is 30.0 Å². The molecule has 0 spiro atoms. The summed E-state index contributed by atoms with van der Waals surface area (Å²) in [5, 5.41) is 2.80. The quantitative estimate of drug-likeness (QED) is 0.686. The van der Waals surface area contributed by atoms with Gasteiger partial charge in [-0.05, 0) is 49.7 Å². The van der Waals surface area contributed by atoms with Crippen LogP contribution in [0.25, 0.3) is 0 Å². The Morgan fingerprint density at radius 3 is 2.17 bits per heavy atom. The van der Waals surface area contributed by atoms with Crippen LogP contribution in [0.3, 0.4) is 0 Å². The highest BCUT2D eigenvalue weighted by Crippen LogP contribution is 2.18. The molecule has 0 unspecified atom stereocenters. The Balaban J connectivity index is 1.73. The van der Waals surface area contributed by atoms with Gasteiger partial charge in [0.05, 0.1) is 6.61 Å². The molecule has 4 nitrogen and oxygen atoms in total. The second-order valence-electron chi connectivity index (χ2n) is 5.73. The molecule has 0 heterocycles. The van der Waals surface area contributed by atoms with Gasteiger partial charge in [0.15, 0.2) is 6.61 Å². The van der Waals surface area contributed by atoms with Crippen LogP contribution in [0.2, 0.25) is 0 Å². The first kappa shape index (κ1) is 17.9. The summed E-state index contributed by atoms with van der Waals surface area (Å²) in [5.41, 5.74) is 1.92. The van der Waals surface area contributed by atoms with Crippen molar-refractivity contribution in [2.24, 2.45) is 0 Å². The Hall–Kier alpha value is -2.49. The second kappa shape index (κ2) is 9.60. The maximum absolute atomic E-state index is 11.9. The van der Waals surface area contributed by atoms with Crippen LogP contribution in [0.5, 0.6) is 11.5 Å². The summed E-state index contributed by atoms with van der Waals surface area (Å²) in [6.45, 7) is 4.88. The average molecular weight is 327 g/mol. The predicted molar refractivity (Wildman–Crippen MR) is 96.8 cm³/mol. The van der Waals surface area contributed by atoms with Gasteiger partial charge in [0, 0.05) is 5.69 Å². The lowest BCUT2D eigenvalue weighted by atomic mass is 10.2. The van der Waals surface area contributed by atoms with E-state index in [0.29, 0.717) is 5.75 Å². The molecule has 0 aliphatic rings. The highest BCUT2D eigenvalue weighted by molar-refractivity contribution is 5.91. The van der Waals surface area contributed by atoms with Gasteiger partial charge in [0.2, 0.25) is 0 Å². The van der Waals surface area contributed by atoms with Crippen LogP contribution in [0.15, 0.2) is 48.5 Å². The van der Waals surface area contributed by atoms with Crippen LogP contribution in [-0.2, 0) is 4.79 Å². The number of hydrogen-bond acceptors (Lipinski definition) is 3. The van der Waals surface area contributed by atoms with Gasteiger partial charge in [-0.2, -0.15) is 0 Å². The number of carbonyl (C=O) groups is 1. The van der Waals surface area contributed by atoms with Gasteiger partial charge < -0.3 is 14.8 Å². The third-order valence-corrected chi connectivity index (χ3v) is 3.55. The van der Waals surface area contributed by atoms with Crippen molar-refractivity contribution in [1.29, 1.82) is 0 Å². The van der Waals surface area contributed by atoms with Crippen molar-refractivity contribution >= 4 is 11.6 Å². The largest absolute Gasteiger partial charge is 0.494 e. The SMILES string of the molecule is CCCCCOc1ccc(OCC(=O)Nc2ccc(C)cc2)cc1. The molecule has 1 N–H and O–H groups in total. The van der Waals surface area contributed by atoms with E-state index in [9.17, 15) is 4.79 Å². The number of nitrogens with one attached hydrogen (secondary N) is 1. The van der Waals surface area contributed by atoms with E-state index in [1.54, 1.807) is 0 Å². The molecule has 0 aliphatic carbocycles. The standard InChI is InChI=1S/C20H25NO3/c1-3-4-5-14-23-18-10-12-19(13-11-18)24-15-20(22)21-17-8-6-16(2)7-9-17/h6-13H,3-5,14-15H2,1-2H3,(H,21,22). The molecule has 2 aromatic carbocycles. The fourth-order valence-electron chi connectivity index (χ4n) is 2.16. The molecular weight excluding hydrogens is 302 g/mol. The Morgan fingerprint density at radius 1 is 0.917 bits per heavy atom. The number of anilines is 1.